The largest absolute Gasteiger partial charge is 0.372 e. The summed E-state index contributed by atoms with van der Waals surface area (Å²) >= 11 is 0. The Morgan fingerprint density at radius 2 is 1.93 bits per heavy atom. The minimum absolute atomic E-state index is 0.188. The molecule has 3 fully saturated rings. The predicted octanol–water partition coefficient (Wildman–Crippen LogP) is 4.08. The first-order chi connectivity index (χ1) is 7.10. The van der Waals surface area contributed by atoms with E-state index in [1.807, 2.05) is 0 Å². The third-order valence-electron chi connectivity index (χ3n) is 4.17. The van der Waals surface area contributed by atoms with Crippen molar-refractivity contribution in [2.45, 2.75) is 71.0 Å². The lowest BCUT2D eigenvalue weighted by molar-refractivity contribution is -0.190. The van der Waals surface area contributed by atoms with E-state index < -0.39 is 0 Å². The van der Waals surface area contributed by atoms with Gasteiger partial charge >= 0.3 is 0 Å². The molecule has 86 valence electrons. The van der Waals surface area contributed by atoms with Gasteiger partial charge < -0.3 is 4.74 Å². The molecule has 0 aromatic carbocycles. The van der Waals surface area contributed by atoms with Crippen LogP contribution in [0.2, 0.25) is 0 Å². The van der Waals surface area contributed by atoms with E-state index in [2.05, 4.69) is 26.8 Å². The van der Waals surface area contributed by atoms with Crippen molar-refractivity contribution in [3.05, 3.63) is 11.6 Å². The van der Waals surface area contributed by atoms with Gasteiger partial charge in [-0.1, -0.05) is 11.6 Å². The van der Waals surface area contributed by atoms with E-state index in [1.54, 1.807) is 0 Å². The molecule has 1 saturated carbocycles. The second kappa shape index (κ2) is 4.29. The van der Waals surface area contributed by atoms with Gasteiger partial charge in [-0.05, 0) is 65.2 Å². The minimum Gasteiger partial charge on any atom is -0.372 e. The second-order valence-corrected chi connectivity index (χ2v) is 5.72. The minimum atomic E-state index is 0.188. The van der Waals surface area contributed by atoms with Gasteiger partial charge in [0.05, 0.1) is 11.7 Å². The van der Waals surface area contributed by atoms with Gasteiger partial charge in [0.25, 0.3) is 0 Å². The lowest BCUT2D eigenvalue weighted by atomic mass is 9.71. The van der Waals surface area contributed by atoms with Crippen molar-refractivity contribution < 1.29 is 4.74 Å². The zero-order chi connectivity index (χ0) is 10.9. The Balaban J connectivity index is 1.92. The first kappa shape index (κ1) is 11.2. The van der Waals surface area contributed by atoms with Gasteiger partial charge in [0.1, 0.15) is 0 Å². The fraction of sp³-hybridized carbons (Fsp3) is 0.857. The van der Waals surface area contributed by atoms with Crippen LogP contribution >= 0.6 is 0 Å². The summed E-state index contributed by atoms with van der Waals surface area (Å²) in [5, 5.41) is 0. The highest BCUT2D eigenvalue weighted by atomic mass is 16.5. The van der Waals surface area contributed by atoms with Crippen molar-refractivity contribution in [2.24, 2.45) is 5.92 Å². The molecule has 1 nitrogen and oxygen atoms in total. The van der Waals surface area contributed by atoms with Crippen LogP contribution in [0.25, 0.3) is 0 Å². The first-order valence-electron chi connectivity index (χ1n) is 6.41. The Labute approximate surface area is 93.9 Å². The number of ether oxygens (including phenoxy) is 1. The number of rotatable bonds is 3. The maximum Gasteiger partial charge on any atom is 0.0689 e. The molecular formula is C14H24O. The maximum absolute atomic E-state index is 6.23. The van der Waals surface area contributed by atoms with Crippen molar-refractivity contribution in [3.8, 4) is 0 Å². The zero-order valence-corrected chi connectivity index (χ0v) is 10.4. The van der Waals surface area contributed by atoms with E-state index in [-0.39, 0.29) is 5.60 Å². The summed E-state index contributed by atoms with van der Waals surface area (Å²) in [5.74, 6) is 0.827. The Morgan fingerprint density at radius 3 is 2.40 bits per heavy atom. The Bertz CT molecular complexity index is 244. The zero-order valence-electron chi connectivity index (χ0n) is 10.4. The van der Waals surface area contributed by atoms with Gasteiger partial charge in [-0.2, -0.15) is 0 Å². The molecule has 3 aliphatic rings. The summed E-state index contributed by atoms with van der Waals surface area (Å²) in [6, 6.07) is 0. The lowest BCUT2D eigenvalue weighted by Crippen LogP contribution is -2.49. The van der Waals surface area contributed by atoms with Crippen LogP contribution in [0.5, 0.6) is 0 Å². The van der Waals surface area contributed by atoms with Gasteiger partial charge in [0, 0.05) is 0 Å². The number of allylic oxidation sites excluding steroid dienone is 2. The van der Waals surface area contributed by atoms with Crippen molar-refractivity contribution in [3.63, 3.8) is 0 Å². The molecule has 3 rings (SSSR count). The van der Waals surface area contributed by atoms with Gasteiger partial charge in [-0.3, -0.25) is 0 Å². The van der Waals surface area contributed by atoms with Gasteiger partial charge in [-0.15, -0.1) is 0 Å². The van der Waals surface area contributed by atoms with Crippen molar-refractivity contribution in [1.29, 1.82) is 0 Å². The van der Waals surface area contributed by atoms with Crippen LogP contribution < -0.4 is 0 Å². The molecule has 2 bridgehead atoms. The van der Waals surface area contributed by atoms with Gasteiger partial charge in [0.2, 0.25) is 0 Å². The van der Waals surface area contributed by atoms with Gasteiger partial charge in [0.15, 0.2) is 0 Å². The fourth-order valence-corrected chi connectivity index (χ4v) is 3.18. The van der Waals surface area contributed by atoms with Crippen LogP contribution in [0.1, 0.15) is 59.3 Å². The molecule has 2 heterocycles. The Morgan fingerprint density at radius 1 is 1.27 bits per heavy atom. The van der Waals surface area contributed by atoms with E-state index in [4.69, 9.17) is 4.74 Å². The molecule has 1 unspecified atom stereocenters. The summed E-state index contributed by atoms with van der Waals surface area (Å²) in [4.78, 5) is 0. The third-order valence-corrected chi connectivity index (χ3v) is 4.17. The molecule has 0 radical (unpaired) electrons. The molecule has 0 spiro atoms. The fourth-order valence-electron chi connectivity index (χ4n) is 3.18. The molecule has 2 aliphatic heterocycles. The second-order valence-electron chi connectivity index (χ2n) is 5.72. The molecule has 2 saturated heterocycles. The van der Waals surface area contributed by atoms with Crippen molar-refractivity contribution in [2.75, 3.05) is 0 Å². The number of hydrogen-bond acceptors (Lipinski definition) is 1. The smallest absolute Gasteiger partial charge is 0.0689 e. The summed E-state index contributed by atoms with van der Waals surface area (Å²) in [5.41, 5.74) is 1.62. The Hall–Kier alpha value is -0.300. The van der Waals surface area contributed by atoms with E-state index >= 15 is 0 Å². The van der Waals surface area contributed by atoms with Crippen LogP contribution in [0.3, 0.4) is 0 Å². The summed E-state index contributed by atoms with van der Waals surface area (Å²) in [6.07, 6.45) is 10.7. The average molecular weight is 208 g/mol. The van der Waals surface area contributed by atoms with Gasteiger partial charge in [-0.25, -0.2) is 0 Å². The van der Waals surface area contributed by atoms with E-state index in [0.29, 0.717) is 6.10 Å². The van der Waals surface area contributed by atoms with Crippen LogP contribution in [0.15, 0.2) is 11.6 Å². The normalized spacial score (nSPS) is 39.1. The number of fused-ring (bicyclic) bond motifs is 3. The molecule has 1 heteroatoms. The maximum atomic E-state index is 6.23. The first-order valence-corrected chi connectivity index (χ1v) is 6.41. The Kier molecular flexibility index (Phi) is 3.20. The van der Waals surface area contributed by atoms with Crippen LogP contribution in [0.4, 0.5) is 0 Å². The predicted molar refractivity (Wildman–Crippen MR) is 63.9 cm³/mol. The topological polar surface area (TPSA) is 9.23 Å². The van der Waals surface area contributed by atoms with Crippen molar-refractivity contribution in [1.82, 2.24) is 0 Å². The monoisotopic (exact) mass is 208 g/mol. The summed E-state index contributed by atoms with van der Waals surface area (Å²) in [6.45, 7) is 6.69. The molecule has 0 amide bonds. The van der Waals surface area contributed by atoms with Crippen LogP contribution in [-0.4, -0.2) is 11.7 Å². The molecule has 0 N–H and O–H groups in total. The van der Waals surface area contributed by atoms with E-state index in [0.717, 1.165) is 5.92 Å². The highest BCUT2D eigenvalue weighted by molar-refractivity contribution is 4.98. The summed E-state index contributed by atoms with van der Waals surface area (Å²) in [7, 11) is 0. The average Bonchev–Trinajstić information content (AvgIpc) is 2.18. The number of hydrogen-bond donors (Lipinski definition) is 0. The third kappa shape index (κ3) is 2.44. The lowest BCUT2D eigenvalue weighted by Gasteiger charge is -2.50. The van der Waals surface area contributed by atoms with E-state index in [9.17, 15) is 0 Å². The highest BCUT2D eigenvalue weighted by Crippen LogP contribution is 2.46. The molecule has 15 heavy (non-hydrogen) atoms. The molecule has 1 aliphatic carbocycles. The molecule has 0 aromatic heterocycles. The quantitative estimate of drug-likeness (QED) is 0.635. The summed E-state index contributed by atoms with van der Waals surface area (Å²) < 4.78 is 6.23. The van der Waals surface area contributed by atoms with Crippen LogP contribution in [-0.2, 0) is 4.74 Å². The molecule has 0 aromatic rings. The standard InChI is InChI=1S/C14H24O/c1-11(2)5-4-10-14(3)12-6-8-13(15-14)9-7-12/h5,12-13H,4,6-10H2,1-3H3. The molecule has 1 atom stereocenters. The van der Waals surface area contributed by atoms with E-state index in [1.165, 1.54) is 44.1 Å². The van der Waals surface area contributed by atoms with Crippen LogP contribution in [0, 0.1) is 5.92 Å². The SMILES string of the molecule is CC(C)=CCCC1(C)OC2CCC1CC2. The van der Waals surface area contributed by atoms with Crippen molar-refractivity contribution >= 4 is 0 Å². The molecular weight excluding hydrogens is 184 g/mol. The highest BCUT2D eigenvalue weighted by Gasteiger charge is 2.44.